The van der Waals surface area contributed by atoms with Crippen LogP contribution in [0.1, 0.15) is 34.5 Å². The first-order valence-corrected chi connectivity index (χ1v) is 8.54. The molecule has 0 bridgehead atoms. The van der Waals surface area contributed by atoms with Crippen molar-refractivity contribution in [2.24, 2.45) is 0 Å². The van der Waals surface area contributed by atoms with Gasteiger partial charge in [-0.1, -0.05) is 41.9 Å². The summed E-state index contributed by atoms with van der Waals surface area (Å²) in [7, 11) is 0. The molecule has 0 aliphatic heterocycles. The molecule has 1 heterocycles. The van der Waals surface area contributed by atoms with Crippen molar-refractivity contribution in [1.29, 1.82) is 0 Å². The number of hydrogen-bond donors (Lipinski definition) is 1. The van der Waals surface area contributed by atoms with Gasteiger partial charge < -0.3 is 5.32 Å². The zero-order valence-corrected chi connectivity index (χ0v) is 15.2. The second-order valence-electron chi connectivity index (χ2n) is 6.05. The summed E-state index contributed by atoms with van der Waals surface area (Å²) in [5, 5.41) is 7.41. The fraction of sp³-hybridized carbons (Fsp3) is 0.150. The predicted octanol–water partition coefficient (Wildman–Crippen LogP) is 4.28. The third-order valence-corrected chi connectivity index (χ3v) is 4.26. The lowest BCUT2D eigenvalue weighted by Crippen LogP contribution is -2.25. The topological polar surface area (TPSA) is 64.0 Å². The molecule has 2 aromatic carbocycles. The lowest BCUT2D eigenvalue weighted by Gasteiger charge is -2.15. The van der Waals surface area contributed by atoms with E-state index in [2.05, 4.69) is 10.4 Å². The number of carbonyl (C=O) groups excluding carboxylic acids is 2. The van der Waals surface area contributed by atoms with E-state index in [1.807, 2.05) is 13.0 Å². The minimum atomic E-state index is -0.515. The van der Waals surface area contributed by atoms with Crippen molar-refractivity contribution in [2.75, 3.05) is 5.32 Å². The molecule has 1 N–H and O–H groups in total. The molecule has 1 atom stereocenters. The van der Waals surface area contributed by atoms with Gasteiger partial charge in [0, 0.05) is 22.3 Å². The van der Waals surface area contributed by atoms with Crippen molar-refractivity contribution in [3.05, 3.63) is 82.6 Å². The predicted molar refractivity (Wildman–Crippen MR) is 102 cm³/mol. The number of aromatic nitrogens is 2. The number of ketones is 1. The highest BCUT2D eigenvalue weighted by Crippen LogP contribution is 2.24. The average Bonchev–Trinajstić information content (AvgIpc) is 3.09. The van der Waals surface area contributed by atoms with Crippen LogP contribution in [-0.4, -0.2) is 21.5 Å². The number of nitrogens with one attached hydrogen (secondary N) is 1. The van der Waals surface area contributed by atoms with E-state index in [0.717, 1.165) is 5.56 Å². The minimum absolute atomic E-state index is 0.203. The van der Waals surface area contributed by atoms with Gasteiger partial charge in [0.2, 0.25) is 5.91 Å². The third-order valence-electron chi connectivity index (χ3n) is 4.03. The second kappa shape index (κ2) is 7.54. The molecule has 1 unspecified atom stereocenters. The van der Waals surface area contributed by atoms with Crippen LogP contribution in [0.2, 0.25) is 5.02 Å². The van der Waals surface area contributed by atoms with Gasteiger partial charge in [0.05, 0.1) is 11.9 Å². The minimum Gasteiger partial charge on any atom is -0.324 e. The molecule has 26 heavy (non-hydrogen) atoms. The SMILES string of the molecule is Cc1cnn(C(C)C(=O)Nc2ccc(Cl)cc2C(=O)c2ccccc2)c1. The van der Waals surface area contributed by atoms with Crippen LogP contribution in [0.4, 0.5) is 5.69 Å². The average molecular weight is 368 g/mol. The van der Waals surface area contributed by atoms with E-state index in [9.17, 15) is 9.59 Å². The molecule has 0 aliphatic carbocycles. The van der Waals surface area contributed by atoms with Crippen LogP contribution in [-0.2, 0) is 4.79 Å². The van der Waals surface area contributed by atoms with E-state index >= 15 is 0 Å². The van der Waals surface area contributed by atoms with Gasteiger partial charge in [-0.05, 0) is 37.6 Å². The van der Waals surface area contributed by atoms with Gasteiger partial charge >= 0.3 is 0 Å². The summed E-state index contributed by atoms with van der Waals surface area (Å²) in [6.45, 7) is 3.65. The molecule has 0 radical (unpaired) electrons. The molecular weight excluding hydrogens is 350 g/mol. The molecule has 1 amide bonds. The summed E-state index contributed by atoms with van der Waals surface area (Å²) in [5.74, 6) is -0.469. The highest BCUT2D eigenvalue weighted by Gasteiger charge is 2.20. The molecule has 3 aromatic rings. The molecule has 0 aliphatic rings. The van der Waals surface area contributed by atoms with E-state index in [-0.39, 0.29) is 11.7 Å². The molecular formula is C20H18ClN3O2. The van der Waals surface area contributed by atoms with Crippen LogP contribution in [0, 0.1) is 6.92 Å². The van der Waals surface area contributed by atoms with E-state index < -0.39 is 6.04 Å². The molecule has 1 aromatic heterocycles. The van der Waals surface area contributed by atoms with Gasteiger partial charge in [-0.2, -0.15) is 5.10 Å². The number of benzene rings is 2. The highest BCUT2D eigenvalue weighted by atomic mass is 35.5. The number of hydrogen-bond acceptors (Lipinski definition) is 3. The summed E-state index contributed by atoms with van der Waals surface area (Å²) in [4.78, 5) is 25.4. The molecule has 0 fully saturated rings. The molecule has 5 nitrogen and oxygen atoms in total. The van der Waals surface area contributed by atoms with Crippen molar-refractivity contribution >= 4 is 29.0 Å². The quantitative estimate of drug-likeness (QED) is 0.685. The number of aryl methyl sites for hydroxylation is 1. The maximum atomic E-state index is 12.8. The molecule has 0 saturated heterocycles. The molecule has 132 valence electrons. The number of amides is 1. The van der Waals surface area contributed by atoms with Crippen molar-refractivity contribution in [3.8, 4) is 0 Å². The van der Waals surface area contributed by atoms with Gasteiger partial charge in [0.25, 0.3) is 0 Å². The Morgan fingerprint density at radius 2 is 1.88 bits per heavy atom. The maximum absolute atomic E-state index is 12.8. The van der Waals surface area contributed by atoms with Crippen LogP contribution >= 0.6 is 11.6 Å². The van der Waals surface area contributed by atoms with Gasteiger partial charge in [0.15, 0.2) is 5.78 Å². The van der Waals surface area contributed by atoms with Gasteiger partial charge in [0.1, 0.15) is 6.04 Å². The molecule has 0 saturated carbocycles. The standard InChI is InChI=1S/C20H18ClN3O2/c1-13-11-22-24(12-13)14(2)20(26)23-18-9-8-16(21)10-17(18)19(25)15-6-4-3-5-7-15/h3-12,14H,1-2H3,(H,23,26). The second-order valence-corrected chi connectivity index (χ2v) is 6.48. The first-order chi connectivity index (χ1) is 12.5. The van der Waals surface area contributed by atoms with Crippen LogP contribution in [0.15, 0.2) is 60.9 Å². The fourth-order valence-corrected chi connectivity index (χ4v) is 2.73. The van der Waals surface area contributed by atoms with Crippen molar-refractivity contribution < 1.29 is 9.59 Å². The first-order valence-electron chi connectivity index (χ1n) is 8.16. The van der Waals surface area contributed by atoms with Crippen LogP contribution < -0.4 is 5.32 Å². The van der Waals surface area contributed by atoms with Gasteiger partial charge in [-0.3, -0.25) is 14.3 Å². The Labute approximate surface area is 156 Å². The summed E-state index contributed by atoms with van der Waals surface area (Å²) < 4.78 is 1.58. The van der Waals surface area contributed by atoms with Crippen LogP contribution in [0.5, 0.6) is 0 Å². The Hall–Kier alpha value is -2.92. The number of carbonyl (C=O) groups is 2. The lowest BCUT2D eigenvalue weighted by atomic mass is 10.0. The fourth-order valence-electron chi connectivity index (χ4n) is 2.56. The first kappa shape index (κ1) is 17.9. The number of nitrogens with zero attached hydrogens (tertiary/aromatic N) is 2. The van der Waals surface area contributed by atoms with Gasteiger partial charge in [-0.15, -0.1) is 0 Å². The summed E-state index contributed by atoms with van der Waals surface area (Å²) in [6.07, 6.45) is 3.48. The largest absolute Gasteiger partial charge is 0.324 e. The summed E-state index contributed by atoms with van der Waals surface area (Å²) in [6, 6.07) is 13.2. The van der Waals surface area contributed by atoms with Gasteiger partial charge in [-0.25, -0.2) is 0 Å². The Bertz CT molecular complexity index is 951. The molecule has 0 spiro atoms. The highest BCUT2D eigenvalue weighted by molar-refractivity contribution is 6.31. The Balaban J connectivity index is 1.88. The van der Waals surface area contributed by atoms with Crippen molar-refractivity contribution in [3.63, 3.8) is 0 Å². The van der Waals surface area contributed by atoms with Crippen molar-refractivity contribution in [2.45, 2.75) is 19.9 Å². The van der Waals surface area contributed by atoms with E-state index in [1.165, 1.54) is 0 Å². The van der Waals surface area contributed by atoms with E-state index in [1.54, 1.807) is 66.5 Å². The van der Waals surface area contributed by atoms with E-state index in [4.69, 9.17) is 11.6 Å². The number of halogens is 1. The smallest absolute Gasteiger partial charge is 0.248 e. The Kier molecular flexibility index (Phi) is 5.19. The molecule has 6 heteroatoms. The van der Waals surface area contributed by atoms with Crippen LogP contribution in [0.3, 0.4) is 0 Å². The molecule has 3 rings (SSSR count). The maximum Gasteiger partial charge on any atom is 0.248 e. The number of rotatable bonds is 5. The third kappa shape index (κ3) is 3.83. The Morgan fingerprint density at radius 1 is 1.15 bits per heavy atom. The summed E-state index contributed by atoms with van der Waals surface area (Å²) in [5.41, 5.74) is 2.27. The number of anilines is 1. The monoisotopic (exact) mass is 367 g/mol. The van der Waals surface area contributed by atoms with Crippen molar-refractivity contribution in [1.82, 2.24) is 9.78 Å². The normalized spacial score (nSPS) is 11.8. The zero-order valence-electron chi connectivity index (χ0n) is 14.4. The summed E-state index contributed by atoms with van der Waals surface area (Å²) >= 11 is 6.07. The Morgan fingerprint density at radius 3 is 2.54 bits per heavy atom. The van der Waals surface area contributed by atoms with Crippen LogP contribution in [0.25, 0.3) is 0 Å². The van der Waals surface area contributed by atoms with E-state index in [0.29, 0.717) is 21.8 Å². The lowest BCUT2D eigenvalue weighted by molar-refractivity contribution is -0.119. The zero-order chi connectivity index (χ0) is 18.7.